The van der Waals surface area contributed by atoms with Gasteiger partial charge < -0.3 is 4.57 Å². The van der Waals surface area contributed by atoms with Crippen molar-refractivity contribution in [1.82, 2.24) is 9.55 Å². The van der Waals surface area contributed by atoms with Gasteiger partial charge in [0.25, 0.3) is 0 Å². The van der Waals surface area contributed by atoms with Crippen molar-refractivity contribution in [1.29, 1.82) is 0 Å². The van der Waals surface area contributed by atoms with E-state index in [9.17, 15) is 0 Å². The van der Waals surface area contributed by atoms with Gasteiger partial charge in [-0.15, -0.1) is 0 Å². The lowest BCUT2D eigenvalue weighted by molar-refractivity contribution is 0.550. The summed E-state index contributed by atoms with van der Waals surface area (Å²) in [4.78, 5) is 4.81. The Hall–Kier alpha value is -2.09. The molecule has 19 heavy (non-hydrogen) atoms. The molecule has 2 heteroatoms. The van der Waals surface area contributed by atoms with Crippen molar-refractivity contribution in [3.05, 3.63) is 54.6 Å². The number of para-hydroxylation sites is 2. The molecule has 0 bridgehead atoms. The lowest BCUT2D eigenvalue weighted by Gasteiger charge is -2.15. The van der Waals surface area contributed by atoms with Gasteiger partial charge in [0.2, 0.25) is 0 Å². The fourth-order valence-corrected chi connectivity index (χ4v) is 2.46. The van der Waals surface area contributed by atoms with Crippen molar-refractivity contribution in [3.8, 4) is 11.4 Å². The normalized spacial score (nSPS) is 12.7. The molecule has 0 aliphatic heterocycles. The summed E-state index contributed by atoms with van der Waals surface area (Å²) in [6, 6.07) is 19.2. The number of rotatable bonds is 3. The molecule has 0 aliphatic carbocycles. The van der Waals surface area contributed by atoms with Crippen molar-refractivity contribution >= 4 is 11.0 Å². The zero-order valence-electron chi connectivity index (χ0n) is 11.4. The third-order valence-electron chi connectivity index (χ3n) is 3.66. The first-order chi connectivity index (χ1) is 9.31. The van der Waals surface area contributed by atoms with Crippen LogP contribution in [0.4, 0.5) is 0 Å². The molecule has 2 nitrogen and oxygen atoms in total. The highest BCUT2D eigenvalue weighted by atomic mass is 15.1. The highest BCUT2D eigenvalue weighted by molar-refractivity contribution is 5.80. The van der Waals surface area contributed by atoms with Gasteiger partial charge in [0.1, 0.15) is 5.82 Å². The van der Waals surface area contributed by atoms with Crippen LogP contribution in [0.3, 0.4) is 0 Å². The molecule has 96 valence electrons. The predicted molar refractivity (Wildman–Crippen MR) is 80.2 cm³/mol. The summed E-state index contributed by atoms with van der Waals surface area (Å²) in [7, 11) is 0. The van der Waals surface area contributed by atoms with E-state index in [0.717, 1.165) is 17.8 Å². The van der Waals surface area contributed by atoms with Gasteiger partial charge in [-0.2, -0.15) is 0 Å². The lowest BCUT2D eigenvalue weighted by atomic mass is 10.2. The Kier molecular flexibility index (Phi) is 3.08. The van der Waals surface area contributed by atoms with Crippen LogP contribution >= 0.6 is 0 Å². The summed E-state index contributed by atoms with van der Waals surface area (Å²) in [5.74, 6) is 1.07. The Morgan fingerprint density at radius 1 is 1.00 bits per heavy atom. The van der Waals surface area contributed by atoms with Gasteiger partial charge >= 0.3 is 0 Å². The van der Waals surface area contributed by atoms with E-state index in [-0.39, 0.29) is 0 Å². The first kappa shape index (κ1) is 12.0. The average molecular weight is 250 g/mol. The number of aromatic nitrogens is 2. The number of fused-ring (bicyclic) bond motifs is 1. The highest BCUT2D eigenvalue weighted by Gasteiger charge is 2.15. The number of imidazole rings is 1. The topological polar surface area (TPSA) is 17.8 Å². The van der Waals surface area contributed by atoms with Gasteiger partial charge in [-0.25, -0.2) is 4.98 Å². The van der Waals surface area contributed by atoms with Crippen molar-refractivity contribution in [2.75, 3.05) is 0 Å². The molecule has 0 saturated heterocycles. The van der Waals surface area contributed by atoms with Gasteiger partial charge in [-0.05, 0) is 25.5 Å². The highest BCUT2D eigenvalue weighted by Crippen LogP contribution is 2.29. The molecular weight excluding hydrogens is 232 g/mol. The summed E-state index contributed by atoms with van der Waals surface area (Å²) >= 11 is 0. The van der Waals surface area contributed by atoms with E-state index >= 15 is 0 Å². The van der Waals surface area contributed by atoms with E-state index in [1.807, 2.05) is 12.1 Å². The number of nitrogens with zero attached hydrogens (tertiary/aromatic N) is 2. The standard InChI is InChI=1S/C17H18N2/c1-3-13(2)19-16-12-8-7-11-15(16)18-17(19)14-9-5-4-6-10-14/h4-13H,3H2,1-2H3. The summed E-state index contributed by atoms with van der Waals surface area (Å²) in [6.45, 7) is 4.47. The zero-order chi connectivity index (χ0) is 13.2. The van der Waals surface area contributed by atoms with E-state index in [0.29, 0.717) is 6.04 Å². The number of hydrogen-bond donors (Lipinski definition) is 0. The third-order valence-corrected chi connectivity index (χ3v) is 3.66. The van der Waals surface area contributed by atoms with Gasteiger partial charge in [-0.1, -0.05) is 49.4 Å². The van der Waals surface area contributed by atoms with Crippen LogP contribution in [0.2, 0.25) is 0 Å². The SMILES string of the molecule is CCC(C)n1c(-c2ccccc2)nc2ccccc21. The summed E-state index contributed by atoms with van der Waals surface area (Å²) in [5, 5.41) is 0. The minimum absolute atomic E-state index is 0.447. The Balaban J connectivity index is 2.29. The fourth-order valence-electron chi connectivity index (χ4n) is 2.46. The molecule has 0 N–H and O–H groups in total. The summed E-state index contributed by atoms with van der Waals surface area (Å²) in [6.07, 6.45) is 1.10. The first-order valence-electron chi connectivity index (χ1n) is 6.83. The smallest absolute Gasteiger partial charge is 0.141 e. The van der Waals surface area contributed by atoms with Crippen LogP contribution in [0.25, 0.3) is 22.4 Å². The number of hydrogen-bond acceptors (Lipinski definition) is 1. The van der Waals surface area contributed by atoms with Crippen LogP contribution in [0, 0.1) is 0 Å². The Labute approximate surface area is 113 Å². The van der Waals surface area contributed by atoms with Gasteiger partial charge in [-0.3, -0.25) is 0 Å². The number of benzene rings is 2. The molecule has 0 fully saturated rings. The maximum absolute atomic E-state index is 4.81. The molecule has 0 amide bonds. The van der Waals surface area contributed by atoms with E-state index in [1.54, 1.807) is 0 Å². The molecule has 0 saturated carbocycles. The molecule has 1 atom stereocenters. The zero-order valence-corrected chi connectivity index (χ0v) is 11.4. The average Bonchev–Trinajstić information content (AvgIpc) is 2.87. The van der Waals surface area contributed by atoms with E-state index in [2.05, 4.69) is 60.9 Å². The third kappa shape index (κ3) is 2.03. The van der Waals surface area contributed by atoms with Gasteiger partial charge in [0.05, 0.1) is 11.0 Å². The van der Waals surface area contributed by atoms with Crippen molar-refractivity contribution in [3.63, 3.8) is 0 Å². The van der Waals surface area contributed by atoms with Crippen molar-refractivity contribution in [2.24, 2.45) is 0 Å². The predicted octanol–water partition coefficient (Wildman–Crippen LogP) is 4.67. The molecule has 3 rings (SSSR count). The van der Waals surface area contributed by atoms with E-state index in [1.165, 1.54) is 11.1 Å². The quantitative estimate of drug-likeness (QED) is 0.660. The largest absolute Gasteiger partial charge is 0.321 e. The summed E-state index contributed by atoms with van der Waals surface area (Å²) in [5.41, 5.74) is 3.47. The molecule has 1 heterocycles. The molecule has 2 aromatic carbocycles. The Morgan fingerprint density at radius 3 is 2.42 bits per heavy atom. The van der Waals surface area contributed by atoms with Crippen LogP contribution in [-0.2, 0) is 0 Å². The van der Waals surface area contributed by atoms with Crippen LogP contribution in [0.1, 0.15) is 26.3 Å². The Bertz CT molecular complexity index is 683. The van der Waals surface area contributed by atoms with Crippen LogP contribution in [-0.4, -0.2) is 9.55 Å². The molecule has 3 aromatic rings. The molecule has 1 unspecified atom stereocenters. The maximum atomic E-state index is 4.81. The van der Waals surface area contributed by atoms with Gasteiger partial charge in [0.15, 0.2) is 0 Å². The first-order valence-corrected chi connectivity index (χ1v) is 6.83. The minimum atomic E-state index is 0.447. The van der Waals surface area contributed by atoms with E-state index < -0.39 is 0 Å². The molecule has 0 spiro atoms. The second kappa shape index (κ2) is 4.88. The van der Waals surface area contributed by atoms with Crippen LogP contribution in [0.5, 0.6) is 0 Å². The van der Waals surface area contributed by atoms with Crippen LogP contribution in [0.15, 0.2) is 54.6 Å². The maximum Gasteiger partial charge on any atom is 0.141 e. The summed E-state index contributed by atoms with van der Waals surface area (Å²) < 4.78 is 2.35. The van der Waals surface area contributed by atoms with Crippen LogP contribution < -0.4 is 0 Å². The molecule has 1 aromatic heterocycles. The fraction of sp³-hybridized carbons (Fsp3) is 0.235. The molecule has 0 radical (unpaired) electrons. The Morgan fingerprint density at radius 2 is 1.68 bits per heavy atom. The second-order valence-electron chi connectivity index (χ2n) is 4.92. The monoisotopic (exact) mass is 250 g/mol. The lowest BCUT2D eigenvalue weighted by Crippen LogP contribution is -2.05. The van der Waals surface area contributed by atoms with Gasteiger partial charge in [0, 0.05) is 11.6 Å². The second-order valence-corrected chi connectivity index (χ2v) is 4.92. The van der Waals surface area contributed by atoms with E-state index in [4.69, 9.17) is 4.98 Å². The van der Waals surface area contributed by atoms with Crippen molar-refractivity contribution < 1.29 is 0 Å². The molecule has 0 aliphatic rings. The van der Waals surface area contributed by atoms with Crippen molar-refractivity contribution in [2.45, 2.75) is 26.3 Å². The molecular formula is C17H18N2. The minimum Gasteiger partial charge on any atom is -0.321 e.